The van der Waals surface area contributed by atoms with E-state index in [1.165, 1.54) is 19.1 Å². The van der Waals surface area contributed by atoms with Crippen LogP contribution < -0.4 is 0 Å². The fraction of sp³-hybridized carbons (Fsp3) is 0.100. The first-order valence-electron chi connectivity index (χ1n) is 3.75. The van der Waals surface area contributed by atoms with Crippen molar-refractivity contribution >= 4 is 12.1 Å². The SMILES string of the molecule is CC(=O)C=O.N#Cc1ccc(O)cc1. The summed E-state index contributed by atoms with van der Waals surface area (Å²) < 4.78 is 0. The Kier molecular flexibility index (Phi) is 5.40. The van der Waals surface area contributed by atoms with Gasteiger partial charge in [0.2, 0.25) is 0 Å². The zero-order valence-electron chi connectivity index (χ0n) is 7.60. The van der Waals surface area contributed by atoms with Gasteiger partial charge < -0.3 is 5.11 Å². The van der Waals surface area contributed by atoms with Crippen LogP contribution in [0.2, 0.25) is 0 Å². The standard InChI is InChI=1S/C7H5NO.C3H4O2/c8-5-6-1-3-7(9)4-2-6;1-3(5)2-4/h1-4,9H;2H,1H3. The van der Waals surface area contributed by atoms with Gasteiger partial charge in [0.25, 0.3) is 0 Å². The number of phenolic OH excluding ortho intramolecular Hbond substituents is 1. The minimum absolute atomic E-state index is 0.189. The molecule has 1 rings (SSSR count). The van der Waals surface area contributed by atoms with Gasteiger partial charge in [-0.1, -0.05) is 0 Å². The Bertz CT molecular complexity index is 349. The summed E-state index contributed by atoms with van der Waals surface area (Å²) in [6, 6.07) is 8.04. The molecule has 0 atom stereocenters. The molecule has 0 unspecified atom stereocenters. The number of aldehydes is 1. The number of carbonyl (C=O) groups is 2. The second-order valence-corrected chi connectivity index (χ2v) is 2.39. The van der Waals surface area contributed by atoms with E-state index in [1.54, 1.807) is 12.1 Å². The number of nitrogens with zero attached hydrogens (tertiary/aromatic N) is 1. The number of phenols is 1. The van der Waals surface area contributed by atoms with E-state index in [2.05, 4.69) is 0 Å². The van der Waals surface area contributed by atoms with Gasteiger partial charge in [-0.25, -0.2) is 0 Å². The number of benzene rings is 1. The summed E-state index contributed by atoms with van der Waals surface area (Å²) in [5, 5.41) is 17.0. The van der Waals surface area contributed by atoms with Crippen molar-refractivity contribution in [3.63, 3.8) is 0 Å². The molecule has 4 heteroatoms. The van der Waals surface area contributed by atoms with E-state index < -0.39 is 5.78 Å². The highest BCUT2D eigenvalue weighted by atomic mass is 16.3. The fourth-order valence-corrected chi connectivity index (χ4v) is 0.536. The van der Waals surface area contributed by atoms with Crippen LogP contribution in [0.5, 0.6) is 5.75 Å². The number of carbonyl (C=O) groups excluding carboxylic acids is 2. The highest BCUT2D eigenvalue weighted by Crippen LogP contribution is 2.07. The lowest BCUT2D eigenvalue weighted by Crippen LogP contribution is -1.85. The molecule has 1 N–H and O–H groups in total. The molecule has 0 fully saturated rings. The third-order valence-corrected chi connectivity index (χ3v) is 1.16. The second kappa shape index (κ2) is 6.38. The van der Waals surface area contributed by atoms with Crippen molar-refractivity contribution in [2.75, 3.05) is 0 Å². The Morgan fingerprint density at radius 2 is 1.86 bits per heavy atom. The first kappa shape index (κ1) is 11.8. The average molecular weight is 191 g/mol. The first-order valence-corrected chi connectivity index (χ1v) is 3.75. The maximum absolute atomic E-state index is 9.44. The van der Waals surface area contributed by atoms with Gasteiger partial charge >= 0.3 is 0 Å². The summed E-state index contributed by atoms with van der Waals surface area (Å²) in [5.74, 6) is -0.237. The molecular formula is C10H9NO3. The van der Waals surface area contributed by atoms with Crippen LogP contribution in [0.1, 0.15) is 12.5 Å². The molecule has 0 aromatic heterocycles. The van der Waals surface area contributed by atoms with E-state index in [4.69, 9.17) is 15.2 Å². The van der Waals surface area contributed by atoms with Gasteiger partial charge in [-0.2, -0.15) is 5.26 Å². The van der Waals surface area contributed by atoms with E-state index in [9.17, 15) is 4.79 Å². The molecular weight excluding hydrogens is 182 g/mol. The third-order valence-electron chi connectivity index (χ3n) is 1.16. The van der Waals surface area contributed by atoms with Crippen LogP contribution in [0.25, 0.3) is 0 Å². The van der Waals surface area contributed by atoms with Gasteiger partial charge in [0.05, 0.1) is 11.6 Å². The first-order chi connectivity index (χ1) is 6.60. The van der Waals surface area contributed by atoms with Crippen molar-refractivity contribution in [1.29, 1.82) is 5.26 Å². The highest BCUT2D eigenvalue weighted by Gasteiger charge is 1.86. The molecule has 0 aliphatic carbocycles. The van der Waals surface area contributed by atoms with Gasteiger partial charge in [-0.3, -0.25) is 9.59 Å². The van der Waals surface area contributed by atoms with Gasteiger partial charge in [-0.15, -0.1) is 0 Å². The molecule has 0 saturated carbocycles. The molecule has 0 heterocycles. The predicted molar refractivity (Wildman–Crippen MR) is 49.6 cm³/mol. The van der Waals surface area contributed by atoms with Gasteiger partial charge in [0, 0.05) is 6.92 Å². The van der Waals surface area contributed by atoms with Crippen molar-refractivity contribution in [3.05, 3.63) is 29.8 Å². The normalized spacial score (nSPS) is 7.71. The van der Waals surface area contributed by atoms with Crippen LogP contribution in [0.4, 0.5) is 0 Å². The molecule has 0 spiro atoms. The Hall–Kier alpha value is -2.15. The molecule has 0 radical (unpaired) electrons. The Morgan fingerprint density at radius 3 is 2.14 bits per heavy atom. The van der Waals surface area contributed by atoms with E-state index in [0.717, 1.165) is 0 Å². The molecule has 4 nitrogen and oxygen atoms in total. The van der Waals surface area contributed by atoms with Crippen LogP contribution in [-0.2, 0) is 9.59 Å². The predicted octanol–water partition coefficient (Wildman–Crippen LogP) is 1.04. The minimum atomic E-state index is -0.426. The Morgan fingerprint density at radius 1 is 1.43 bits per heavy atom. The van der Waals surface area contributed by atoms with E-state index in [1.807, 2.05) is 6.07 Å². The van der Waals surface area contributed by atoms with Crippen LogP contribution in [0.15, 0.2) is 24.3 Å². The number of rotatable bonds is 1. The lowest BCUT2D eigenvalue weighted by Gasteiger charge is -1.87. The topological polar surface area (TPSA) is 78.2 Å². The van der Waals surface area contributed by atoms with Gasteiger partial charge in [-0.05, 0) is 24.3 Å². The summed E-state index contributed by atoms with van der Waals surface area (Å²) in [7, 11) is 0. The zero-order chi connectivity index (χ0) is 11.0. The van der Waals surface area contributed by atoms with Gasteiger partial charge in [0.1, 0.15) is 5.75 Å². The van der Waals surface area contributed by atoms with E-state index >= 15 is 0 Å². The molecule has 0 saturated heterocycles. The Balaban J connectivity index is 0.000000292. The van der Waals surface area contributed by atoms with Crippen molar-refractivity contribution in [3.8, 4) is 11.8 Å². The smallest absolute Gasteiger partial charge is 0.192 e. The van der Waals surface area contributed by atoms with Crippen molar-refractivity contribution in [1.82, 2.24) is 0 Å². The molecule has 0 amide bonds. The second-order valence-electron chi connectivity index (χ2n) is 2.39. The van der Waals surface area contributed by atoms with E-state index in [0.29, 0.717) is 5.56 Å². The summed E-state index contributed by atoms with van der Waals surface area (Å²) in [6.45, 7) is 1.22. The third kappa shape index (κ3) is 5.49. The number of nitriles is 1. The van der Waals surface area contributed by atoms with Crippen LogP contribution in [-0.4, -0.2) is 17.2 Å². The van der Waals surface area contributed by atoms with Crippen molar-refractivity contribution in [2.24, 2.45) is 0 Å². The lowest BCUT2D eigenvalue weighted by atomic mass is 10.2. The molecule has 0 aliphatic rings. The Labute approximate surface area is 81.4 Å². The van der Waals surface area contributed by atoms with E-state index in [-0.39, 0.29) is 12.0 Å². The fourth-order valence-electron chi connectivity index (χ4n) is 0.536. The lowest BCUT2D eigenvalue weighted by molar-refractivity contribution is -0.128. The summed E-state index contributed by atoms with van der Waals surface area (Å²) in [5.41, 5.74) is 0.563. The maximum atomic E-state index is 9.44. The molecule has 72 valence electrons. The quantitative estimate of drug-likeness (QED) is 0.531. The highest BCUT2D eigenvalue weighted by molar-refractivity contribution is 6.23. The minimum Gasteiger partial charge on any atom is -0.508 e. The zero-order valence-corrected chi connectivity index (χ0v) is 7.60. The number of Topliss-reactive ketones (excluding diaryl/α,β-unsaturated/α-hetero) is 1. The number of hydrogen-bond donors (Lipinski definition) is 1. The average Bonchev–Trinajstić information content (AvgIpc) is 2.20. The summed E-state index contributed by atoms with van der Waals surface area (Å²) in [6.07, 6.45) is 0.278. The van der Waals surface area contributed by atoms with Crippen molar-refractivity contribution < 1.29 is 14.7 Å². The molecule has 14 heavy (non-hydrogen) atoms. The molecule has 0 aliphatic heterocycles. The van der Waals surface area contributed by atoms with Crippen LogP contribution in [0.3, 0.4) is 0 Å². The number of aromatic hydroxyl groups is 1. The molecule has 1 aromatic rings. The maximum Gasteiger partial charge on any atom is 0.192 e. The monoisotopic (exact) mass is 191 g/mol. The number of ketones is 1. The molecule has 1 aromatic carbocycles. The summed E-state index contributed by atoms with van der Waals surface area (Å²) >= 11 is 0. The largest absolute Gasteiger partial charge is 0.508 e. The number of hydrogen-bond acceptors (Lipinski definition) is 4. The molecule has 0 bridgehead atoms. The van der Waals surface area contributed by atoms with Crippen LogP contribution in [0, 0.1) is 11.3 Å². The summed E-state index contributed by atoms with van der Waals surface area (Å²) in [4.78, 5) is 18.6. The van der Waals surface area contributed by atoms with Crippen molar-refractivity contribution in [2.45, 2.75) is 6.92 Å². The van der Waals surface area contributed by atoms with Gasteiger partial charge in [0.15, 0.2) is 12.1 Å². The van der Waals surface area contributed by atoms with Crippen LogP contribution >= 0.6 is 0 Å².